The van der Waals surface area contributed by atoms with Crippen LogP contribution in [0.3, 0.4) is 0 Å². The van der Waals surface area contributed by atoms with Crippen molar-refractivity contribution in [3.8, 4) is 0 Å². The van der Waals surface area contributed by atoms with Gasteiger partial charge in [-0.3, -0.25) is 0 Å². The van der Waals surface area contributed by atoms with Crippen LogP contribution in [0.2, 0.25) is 12.1 Å². The Morgan fingerprint density at radius 2 is 1.75 bits per heavy atom. The zero-order valence-electron chi connectivity index (χ0n) is 7.93. The van der Waals surface area contributed by atoms with Crippen LogP contribution in [-0.2, 0) is 0 Å². The zero-order chi connectivity index (χ0) is 8.97. The van der Waals surface area contributed by atoms with Crippen LogP contribution in [0.5, 0.6) is 0 Å². The first kappa shape index (κ1) is 9.40. The van der Waals surface area contributed by atoms with Crippen molar-refractivity contribution in [3.05, 3.63) is 34.3 Å². The Hall–Kier alpha value is -0.693. The molecule has 0 amide bonds. The van der Waals surface area contributed by atoms with E-state index in [4.69, 9.17) is 0 Å². The molecular formula is C11H16Si. The van der Waals surface area contributed by atoms with Gasteiger partial charge in [0.25, 0.3) is 0 Å². The first-order chi connectivity index (χ1) is 5.79. The molecule has 0 spiro atoms. The van der Waals surface area contributed by atoms with E-state index in [0.717, 1.165) is 0 Å². The van der Waals surface area contributed by atoms with E-state index in [0.29, 0.717) is 0 Å². The van der Waals surface area contributed by atoms with Gasteiger partial charge in [0, 0.05) is 8.41 Å². The maximum absolute atomic E-state index is 4.06. The Morgan fingerprint density at radius 1 is 1.17 bits per heavy atom. The second-order valence-corrected chi connectivity index (χ2v) is 6.13. The van der Waals surface area contributed by atoms with Crippen LogP contribution in [0.1, 0.15) is 13.8 Å². The fraction of sp³-hybridized carbons (Fsp3) is 0.364. The Morgan fingerprint density at radius 3 is 2.25 bits per heavy atom. The molecule has 0 saturated carbocycles. The van der Waals surface area contributed by atoms with Gasteiger partial charge in [-0.05, 0) is 22.1 Å². The first-order valence-electron chi connectivity index (χ1n) is 4.55. The SMILES string of the molecule is C=c1ccccc1=[Si](CC)CC. The molecule has 0 saturated heterocycles. The van der Waals surface area contributed by atoms with E-state index in [9.17, 15) is 0 Å². The fourth-order valence-electron chi connectivity index (χ4n) is 1.50. The Bertz CT molecular complexity index is 346. The third kappa shape index (κ3) is 1.92. The summed E-state index contributed by atoms with van der Waals surface area (Å²) in [6.07, 6.45) is 0. The van der Waals surface area contributed by atoms with Crippen molar-refractivity contribution in [1.29, 1.82) is 0 Å². The molecule has 1 heteroatoms. The lowest BCUT2D eigenvalue weighted by Gasteiger charge is -1.98. The number of hydrogen-bond acceptors (Lipinski definition) is 0. The van der Waals surface area contributed by atoms with Gasteiger partial charge in [0.15, 0.2) is 0 Å². The minimum Gasteiger partial charge on any atom is -0.0916 e. The average Bonchev–Trinajstić information content (AvgIpc) is 2.10. The maximum atomic E-state index is 4.06. The van der Waals surface area contributed by atoms with Crippen molar-refractivity contribution in [1.82, 2.24) is 0 Å². The lowest BCUT2D eigenvalue weighted by atomic mass is 10.3. The second-order valence-electron chi connectivity index (χ2n) is 2.97. The molecule has 0 nitrogen and oxygen atoms in total. The van der Waals surface area contributed by atoms with E-state index in [2.05, 4.69) is 44.7 Å². The molecule has 0 unspecified atom stereocenters. The summed E-state index contributed by atoms with van der Waals surface area (Å²) in [5, 5.41) is 1.23. The van der Waals surface area contributed by atoms with Crippen molar-refractivity contribution in [2.45, 2.75) is 25.9 Å². The van der Waals surface area contributed by atoms with Crippen LogP contribution in [0.25, 0.3) is 6.58 Å². The predicted octanol–water partition coefficient (Wildman–Crippen LogP) is 2.46. The molecule has 12 heavy (non-hydrogen) atoms. The highest BCUT2D eigenvalue weighted by Gasteiger charge is 1.92. The maximum Gasteiger partial charge on any atom is 0.0195 e. The van der Waals surface area contributed by atoms with Crippen molar-refractivity contribution in [3.63, 3.8) is 0 Å². The monoisotopic (exact) mass is 176 g/mol. The fourth-order valence-corrected chi connectivity index (χ4v) is 3.63. The summed E-state index contributed by atoms with van der Waals surface area (Å²) in [7, 11) is -0.293. The molecule has 0 N–H and O–H groups in total. The molecule has 1 rings (SSSR count). The van der Waals surface area contributed by atoms with E-state index in [1.807, 2.05) is 0 Å². The zero-order valence-corrected chi connectivity index (χ0v) is 8.93. The van der Waals surface area contributed by atoms with Crippen molar-refractivity contribution in [2.75, 3.05) is 0 Å². The second kappa shape index (κ2) is 4.36. The topological polar surface area (TPSA) is 0 Å². The molecule has 0 bridgehead atoms. The quantitative estimate of drug-likeness (QED) is 0.607. The van der Waals surface area contributed by atoms with Gasteiger partial charge < -0.3 is 0 Å². The predicted molar refractivity (Wildman–Crippen MR) is 57.1 cm³/mol. The van der Waals surface area contributed by atoms with Gasteiger partial charge in [-0.15, -0.1) is 0 Å². The van der Waals surface area contributed by atoms with Crippen molar-refractivity contribution < 1.29 is 0 Å². The van der Waals surface area contributed by atoms with Gasteiger partial charge in [-0.1, -0.05) is 44.7 Å². The summed E-state index contributed by atoms with van der Waals surface area (Å²) >= 11 is 0. The number of rotatable bonds is 2. The van der Waals surface area contributed by atoms with E-state index in [-0.39, 0.29) is 8.41 Å². The molecule has 0 heterocycles. The van der Waals surface area contributed by atoms with Crippen LogP contribution in [-0.4, -0.2) is 8.41 Å². The summed E-state index contributed by atoms with van der Waals surface area (Å²) in [4.78, 5) is 1.52. The third-order valence-corrected chi connectivity index (χ3v) is 5.21. The third-order valence-electron chi connectivity index (χ3n) is 2.25. The van der Waals surface area contributed by atoms with Gasteiger partial charge in [0.1, 0.15) is 0 Å². The molecule has 0 fully saturated rings. The Balaban J connectivity index is 3.42. The molecular weight excluding hydrogens is 160 g/mol. The van der Waals surface area contributed by atoms with E-state index in [1.54, 1.807) is 0 Å². The summed E-state index contributed by atoms with van der Waals surface area (Å²) in [5.41, 5.74) is 0. The van der Waals surface area contributed by atoms with Gasteiger partial charge in [0.05, 0.1) is 0 Å². The summed E-state index contributed by atoms with van der Waals surface area (Å²) in [6.45, 7) is 8.63. The van der Waals surface area contributed by atoms with Crippen LogP contribution in [0.4, 0.5) is 0 Å². The van der Waals surface area contributed by atoms with Crippen LogP contribution < -0.4 is 5.22 Å². The number of hydrogen-bond donors (Lipinski definition) is 0. The molecule has 1 aromatic rings. The standard InChI is InChI=1S/C11H16Si/c1-4-12(5-2)11-9-7-6-8-10(11)3/h6-9H,3-5H2,1-2H3. The van der Waals surface area contributed by atoms with E-state index in [1.165, 1.54) is 22.1 Å². The summed E-state index contributed by atoms with van der Waals surface area (Å²) in [5.74, 6) is 0. The normalized spacial score (nSPS) is 9.83. The van der Waals surface area contributed by atoms with E-state index >= 15 is 0 Å². The van der Waals surface area contributed by atoms with Crippen LogP contribution >= 0.6 is 0 Å². The summed E-state index contributed by atoms with van der Waals surface area (Å²) in [6, 6.07) is 11.2. The lowest BCUT2D eigenvalue weighted by molar-refractivity contribution is 1.33. The Kier molecular flexibility index (Phi) is 3.41. The first-order valence-corrected chi connectivity index (χ1v) is 6.47. The molecule has 0 aliphatic carbocycles. The molecule has 1 aromatic carbocycles. The minimum atomic E-state index is -0.293. The highest BCUT2D eigenvalue weighted by Crippen LogP contribution is 1.93. The highest BCUT2D eigenvalue weighted by molar-refractivity contribution is 6.50. The van der Waals surface area contributed by atoms with E-state index < -0.39 is 0 Å². The van der Waals surface area contributed by atoms with Gasteiger partial charge in [-0.2, -0.15) is 0 Å². The van der Waals surface area contributed by atoms with Crippen molar-refractivity contribution in [2.24, 2.45) is 0 Å². The number of benzene rings is 1. The smallest absolute Gasteiger partial charge is 0.0195 e. The van der Waals surface area contributed by atoms with Crippen LogP contribution in [0.15, 0.2) is 24.3 Å². The highest BCUT2D eigenvalue weighted by atomic mass is 28.2. The molecule has 0 aromatic heterocycles. The molecule has 0 radical (unpaired) electrons. The Labute approximate surface area is 75.8 Å². The molecule has 0 aliphatic rings. The van der Waals surface area contributed by atoms with Crippen LogP contribution in [0, 0.1) is 4.81 Å². The van der Waals surface area contributed by atoms with Gasteiger partial charge in [0.2, 0.25) is 0 Å². The largest absolute Gasteiger partial charge is 0.0916 e. The van der Waals surface area contributed by atoms with Gasteiger partial charge >= 0.3 is 0 Å². The van der Waals surface area contributed by atoms with Crippen molar-refractivity contribution >= 4 is 15.0 Å². The van der Waals surface area contributed by atoms with Gasteiger partial charge in [-0.25, -0.2) is 0 Å². The lowest BCUT2D eigenvalue weighted by Crippen LogP contribution is -2.08. The minimum absolute atomic E-state index is 0.293. The molecule has 64 valence electrons. The molecule has 0 atom stereocenters. The average molecular weight is 176 g/mol. The molecule has 0 aliphatic heterocycles. The summed E-state index contributed by atoms with van der Waals surface area (Å²) < 4.78 is 0.